The summed E-state index contributed by atoms with van der Waals surface area (Å²) in [4.78, 5) is 40.4. The second kappa shape index (κ2) is 9.39. The fraction of sp³-hybridized carbons (Fsp3) is 0.591. The molecule has 2 aliphatic rings. The Morgan fingerprint density at radius 3 is 2.53 bits per heavy atom. The van der Waals surface area contributed by atoms with Crippen molar-refractivity contribution in [3.63, 3.8) is 0 Å². The van der Waals surface area contributed by atoms with Crippen LogP contribution in [0.2, 0.25) is 0 Å². The van der Waals surface area contributed by atoms with Crippen molar-refractivity contribution in [1.29, 1.82) is 0 Å². The average molecular weight is 434 g/mol. The number of rotatable bonds is 8. The van der Waals surface area contributed by atoms with Gasteiger partial charge in [-0.05, 0) is 29.9 Å². The van der Waals surface area contributed by atoms with Crippen molar-refractivity contribution >= 4 is 29.5 Å². The van der Waals surface area contributed by atoms with Gasteiger partial charge in [0.05, 0.1) is 12.6 Å². The number of aliphatic hydroxyl groups excluding tert-OH is 1. The van der Waals surface area contributed by atoms with Crippen LogP contribution in [0.1, 0.15) is 55.4 Å². The summed E-state index contributed by atoms with van der Waals surface area (Å²) in [5, 5.41) is 15.1. The molecule has 1 fully saturated rings. The molecule has 0 unspecified atom stereocenters. The molecule has 1 saturated heterocycles. The molecule has 2 heterocycles. The highest BCUT2D eigenvalue weighted by Gasteiger charge is 2.48. The van der Waals surface area contributed by atoms with Crippen molar-refractivity contribution in [3.8, 4) is 0 Å². The first kappa shape index (κ1) is 22.6. The Balaban J connectivity index is 1.69. The van der Waals surface area contributed by atoms with Crippen LogP contribution >= 0.6 is 11.8 Å². The Hall–Kier alpha value is -2.06. The molecule has 0 spiro atoms. The number of aliphatic hydroxyl groups is 1. The largest absolute Gasteiger partial charge is 0.394 e. The maximum Gasteiger partial charge on any atom is 0.256 e. The van der Waals surface area contributed by atoms with E-state index in [0.717, 1.165) is 5.56 Å². The minimum absolute atomic E-state index is 0.135. The van der Waals surface area contributed by atoms with E-state index >= 15 is 0 Å². The maximum atomic E-state index is 13.1. The first-order valence-electron chi connectivity index (χ1n) is 10.5. The SMILES string of the molecule is CC(C)C[C@@H](CO)NC(=O)[C@@H](NC(=O)[C@@H]1CS[C@@H]2c3ccccc3C(=O)N21)C(C)C. The third-order valence-corrected chi connectivity index (χ3v) is 6.87. The van der Waals surface area contributed by atoms with Gasteiger partial charge in [0.1, 0.15) is 17.5 Å². The van der Waals surface area contributed by atoms with E-state index in [1.165, 1.54) is 0 Å². The molecule has 30 heavy (non-hydrogen) atoms. The lowest BCUT2D eigenvalue weighted by Gasteiger charge is -2.28. The molecular weight excluding hydrogens is 402 g/mol. The molecule has 0 aliphatic carbocycles. The van der Waals surface area contributed by atoms with Gasteiger partial charge in [0, 0.05) is 11.3 Å². The summed E-state index contributed by atoms with van der Waals surface area (Å²) in [6, 6.07) is 5.75. The van der Waals surface area contributed by atoms with Crippen molar-refractivity contribution in [1.82, 2.24) is 15.5 Å². The molecule has 4 atom stereocenters. The lowest BCUT2D eigenvalue weighted by atomic mass is 10.0. The highest BCUT2D eigenvalue weighted by Crippen LogP contribution is 2.48. The van der Waals surface area contributed by atoms with Gasteiger partial charge in [0.15, 0.2) is 0 Å². The van der Waals surface area contributed by atoms with Crippen LogP contribution in [0.25, 0.3) is 0 Å². The highest BCUT2D eigenvalue weighted by atomic mass is 32.2. The normalized spacial score (nSPS) is 22.1. The topological polar surface area (TPSA) is 98.7 Å². The van der Waals surface area contributed by atoms with Crippen LogP contribution in [-0.2, 0) is 9.59 Å². The predicted octanol–water partition coefficient (Wildman–Crippen LogP) is 1.92. The molecule has 1 aromatic carbocycles. The van der Waals surface area contributed by atoms with E-state index in [-0.39, 0.29) is 41.7 Å². The number of hydrogen-bond donors (Lipinski definition) is 3. The van der Waals surface area contributed by atoms with Crippen LogP contribution in [0.5, 0.6) is 0 Å². The van der Waals surface area contributed by atoms with Gasteiger partial charge in [-0.2, -0.15) is 0 Å². The number of nitrogens with one attached hydrogen (secondary N) is 2. The van der Waals surface area contributed by atoms with Gasteiger partial charge in [0.2, 0.25) is 11.8 Å². The number of thioether (sulfide) groups is 1. The standard InChI is InChI=1S/C22H31N3O4S/c1-12(2)9-14(10-26)23-20(28)18(13(3)4)24-19(27)17-11-30-22-16-8-6-5-7-15(16)21(29)25(17)22/h5-8,12-14,17-18,22,26H,9-11H2,1-4H3,(H,23,28)(H,24,27)/t14-,17-,18-,22+/m0/s1. The number of carbonyl (C=O) groups is 3. The third kappa shape index (κ3) is 4.49. The zero-order valence-electron chi connectivity index (χ0n) is 17.9. The predicted molar refractivity (Wildman–Crippen MR) is 117 cm³/mol. The Morgan fingerprint density at radius 2 is 1.90 bits per heavy atom. The molecule has 3 rings (SSSR count). The Bertz CT molecular complexity index is 813. The van der Waals surface area contributed by atoms with Crippen LogP contribution in [0.15, 0.2) is 24.3 Å². The molecule has 3 N–H and O–H groups in total. The number of benzene rings is 1. The summed E-state index contributed by atoms with van der Waals surface area (Å²) in [5.74, 6) is -0.0759. The van der Waals surface area contributed by atoms with E-state index in [1.807, 2.05) is 45.9 Å². The van der Waals surface area contributed by atoms with Gasteiger partial charge in [-0.1, -0.05) is 45.9 Å². The van der Waals surface area contributed by atoms with E-state index in [1.54, 1.807) is 22.7 Å². The van der Waals surface area contributed by atoms with Crippen molar-refractivity contribution in [2.75, 3.05) is 12.4 Å². The second-order valence-corrected chi connectivity index (χ2v) is 9.86. The van der Waals surface area contributed by atoms with Gasteiger partial charge in [0.25, 0.3) is 5.91 Å². The quantitative estimate of drug-likeness (QED) is 0.582. The molecule has 0 aromatic heterocycles. The van der Waals surface area contributed by atoms with Gasteiger partial charge in [-0.25, -0.2) is 0 Å². The number of amides is 3. The van der Waals surface area contributed by atoms with E-state index in [4.69, 9.17) is 0 Å². The summed E-state index contributed by atoms with van der Waals surface area (Å²) in [6.45, 7) is 7.63. The summed E-state index contributed by atoms with van der Waals surface area (Å²) in [7, 11) is 0. The van der Waals surface area contributed by atoms with Crippen LogP contribution in [0.4, 0.5) is 0 Å². The second-order valence-electron chi connectivity index (χ2n) is 8.75. The lowest BCUT2D eigenvalue weighted by Crippen LogP contribution is -2.56. The van der Waals surface area contributed by atoms with Gasteiger partial charge in [-0.15, -0.1) is 11.8 Å². The lowest BCUT2D eigenvalue weighted by molar-refractivity contribution is -0.132. The minimum atomic E-state index is -0.733. The zero-order valence-corrected chi connectivity index (χ0v) is 18.7. The first-order chi connectivity index (χ1) is 14.2. The fourth-order valence-corrected chi connectivity index (χ4v) is 5.53. The van der Waals surface area contributed by atoms with Crippen molar-refractivity contribution < 1.29 is 19.5 Å². The summed E-state index contributed by atoms with van der Waals surface area (Å²) < 4.78 is 0. The zero-order chi connectivity index (χ0) is 22.0. The number of hydrogen-bond acceptors (Lipinski definition) is 5. The Labute approximate surface area is 182 Å². The summed E-state index contributed by atoms with van der Waals surface area (Å²) >= 11 is 1.57. The summed E-state index contributed by atoms with van der Waals surface area (Å²) in [6.07, 6.45) is 0.655. The first-order valence-corrected chi connectivity index (χ1v) is 11.5. The molecule has 8 heteroatoms. The van der Waals surface area contributed by atoms with Crippen LogP contribution in [0, 0.1) is 11.8 Å². The molecule has 3 amide bonds. The smallest absolute Gasteiger partial charge is 0.256 e. The molecule has 0 saturated carbocycles. The molecule has 1 aromatic rings. The van der Waals surface area contributed by atoms with Crippen LogP contribution in [-0.4, -0.2) is 58.2 Å². The van der Waals surface area contributed by atoms with Crippen LogP contribution in [0.3, 0.4) is 0 Å². The van der Waals surface area contributed by atoms with Crippen molar-refractivity contribution in [2.45, 2.75) is 57.6 Å². The van der Waals surface area contributed by atoms with Crippen molar-refractivity contribution in [2.24, 2.45) is 11.8 Å². The number of carbonyl (C=O) groups excluding carboxylic acids is 3. The fourth-order valence-electron chi connectivity index (χ4n) is 4.07. The van der Waals surface area contributed by atoms with E-state index in [2.05, 4.69) is 10.6 Å². The van der Waals surface area contributed by atoms with Crippen molar-refractivity contribution in [3.05, 3.63) is 35.4 Å². The number of fused-ring (bicyclic) bond motifs is 3. The Morgan fingerprint density at radius 1 is 1.20 bits per heavy atom. The molecule has 7 nitrogen and oxygen atoms in total. The third-order valence-electron chi connectivity index (χ3n) is 5.56. The highest BCUT2D eigenvalue weighted by molar-refractivity contribution is 7.99. The van der Waals surface area contributed by atoms with E-state index in [9.17, 15) is 19.5 Å². The van der Waals surface area contributed by atoms with E-state index < -0.39 is 12.1 Å². The van der Waals surface area contributed by atoms with E-state index in [0.29, 0.717) is 23.7 Å². The average Bonchev–Trinajstić information content (AvgIpc) is 3.25. The van der Waals surface area contributed by atoms with Crippen LogP contribution < -0.4 is 10.6 Å². The minimum Gasteiger partial charge on any atom is -0.394 e. The van der Waals surface area contributed by atoms with Gasteiger partial charge < -0.3 is 20.6 Å². The molecule has 0 radical (unpaired) electrons. The monoisotopic (exact) mass is 433 g/mol. The molecular formula is C22H31N3O4S. The molecule has 164 valence electrons. The maximum absolute atomic E-state index is 13.1. The number of nitrogens with zero attached hydrogens (tertiary/aromatic N) is 1. The molecule has 2 aliphatic heterocycles. The van der Waals surface area contributed by atoms with Gasteiger partial charge >= 0.3 is 0 Å². The summed E-state index contributed by atoms with van der Waals surface area (Å²) in [5.41, 5.74) is 1.59. The molecule has 0 bridgehead atoms. The Kier molecular flexibility index (Phi) is 7.08. The van der Waals surface area contributed by atoms with Gasteiger partial charge in [-0.3, -0.25) is 14.4 Å².